The first kappa shape index (κ1) is 15.1. The average molecular weight is 404 g/mol. The minimum atomic E-state index is 0. The van der Waals surface area contributed by atoms with Crippen molar-refractivity contribution in [3.05, 3.63) is 48.3 Å². The maximum Gasteiger partial charge on any atom is 0.178 e. The number of aryl methyl sites for hydroxylation is 2. The lowest BCUT2D eigenvalue weighted by Crippen LogP contribution is -3.00. The molecule has 0 aliphatic rings. The number of rotatable bonds is 1. The molecule has 0 atom stereocenters. The highest BCUT2D eigenvalue weighted by molar-refractivity contribution is 6.17. The molecule has 4 rings (SSSR count). The molecule has 2 heterocycles. The number of hydrogen-bond donors (Lipinski definition) is 1. The molecule has 4 aromatic rings. The molecule has 0 unspecified atom stereocenters. The second-order valence-electron chi connectivity index (χ2n) is 5.59. The van der Waals surface area contributed by atoms with E-state index < -0.39 is 0 Å². The third kappa shape index (κ3) is 2.13. The van der Waals surface area contributed by atoms with Gasteiger partial charge in [0.25, 0.3) is 0 Å². The van der Waals surface area contributed by atoms with Gasteiger partial charge in [-0.1, -0.05) is 0 Å². The predicted molar refractivity (Wildman–Crippen MR) is 85.8 cm³/mol. The number of ether oxygens (including phenoxy) is 1. The Hall–Kier alpha value is -1.82. The molecule has 0 bridgehead atoms. The summed E-state index contributed by atoms with van der Waals surface area (Å²) in [5, 5.41) is 5.00. The first-order chi connectivity index (χ1) is 10.2. The Morgan fingerprint density at radius 2 is 1.82 bits per heavy atom. The summed E-state index contributed by atoms with van der Waals surface area (Å²) in [5.41, 5.74) is 3.63. The van der Waals surface area contributed by atoms with Crippen LogP contribution in [0.4, 0.5) is 0 Å². The van der Waals surface area contributed by atoms with Gasteiger partial charge in [-0.05, 0) is 42.1 Å². The van der Waals surface area contributed by atoms with E-state index in [0.29, 0.717) is 0 Å². The second kappa shape index (κ2) is 5.43. The number of benzene rings is 2. The van der Waals surface area contributed by atoms with E-state index in [1.165, 1.54) is 32.6 Å². The van der Waals surface area contributed by atoms with Gasteiger partial charge in [-0.15, -0.1) is 0 Å². The van der Waals surface area contributed by atoms with Crippen LogP contribution >= 0.6 is 0 Å². The van der Waals surface area contributed by atoms with Crippen LogP contribution in [0.3, 0.4) is 0 Å². The highest BCUT2D eigenvalue weighted by atomic mass is 127. The summed E-state index contributed by atoms with van der Waals surface area (Å²) in [6, 6.07) is 10.6. The standard InChI is InChI=1S/C18H16N2O.HI/c1-11-8-15-14-9-12(21-3)4-5-17(14)19-18(15)16-10-20(2)7-6-13(11)16;/h4-10H,1-3H3;1H. The Morgan fingerprint density at radius 3 is 2.59 bits per heavy atom. The van der Waals surface area contributed by atoms with Crippen molar-refractivity contribution in [1.29, 1.82) is 0 Å². The van der Waals surface area contributed by atoms with Gasteiger partial charge in [0.05, 0.1) is 18.0 Å². The maximum absolute atomic E-state index is 5.36. The molecule has 0 saturated heterocycles. The molecule has 0 fully saturated rings. The minimum Gasteiger partial charge on any atom is -1.00 e. The Labute approximate surface area is 145 Å². The van der Waals surface area contributed by atoms with Gasteiger partial charge in [0, 0.05) is 22.4 Å². The Morgan fingerprint density at radius 1 is 1.00 bits per heavy atom. The van der Waals surface area contributed by atoms with Gasteiger partial charge in [0.15, 0.2) is 12.4 Å². The quantitative estimate of drug-likeness (QED) is 0.366. The normalized spacial score (nSPS) is 11.0. The summed E-state index contributed by atoms with van der Waals surface area (Å²) < 4.78 is 7.45. The van der Waals surface area contributed by atoms with Crippen LogP contribution in [0.15, 0.2) is 42.7 Å². The first-order valence-corrected chi connectivity index (χ1v) is 7.05. The summed E-state index contributed by atoms with van der Waals surface area (Å²) in [5.74, 6) is 0.889. The van der Waals surface area contributed by atoms with Gasteiger partial charge in [-0.3, -0.25) is 0 Å². The molecule has 0 saturated carbocycles. The number of methoxy groups -OCH3 is 1. The Balaban J connectivity index is 0.00000144. The molecule has 3 nitrogen and oxygen atoms in total. The van der Waals surface area contributed by atoms with Crippen molar-refractivity contribution in [2.45, 2.75) is 6.92 Å². The summed E-state index contributed by atoms with van der Waals surface area (Å²) >= 11 is 0. The zero-order valence-corrected chi connectivity index (χ0v) is 14.9. The number of aromatic amines is 1. The largest absolute Gasteiger partial charge is 1.00 e. The third-order valence-electron chi connectivity index (χ3n) is 4.20. The number of halogens is 1. The minimum absolute atomic E-state index is 0. The van der Waals surface area contributed by atoms with Crippen LogP contribution in [0, 0.1) is 6.92 Å². The van der Waals surface area contributed by atoms with Crippen molar-refractivity contribution in [3.8, 4) is 5.75 Å². The zero-order valence-electron chi connectivity index (χ0n) is 12.8. The number of H-pyrrole nitrogens is 1. The van der Waals surface area contributed by atoms with Gasteiger partial charge < -0.3 is 33.7 Å². The Bertz CT molecular complexity index is 1000. The zero-order chi connectivity index (χ0) is 14.6. The third-order valence-corrected chi connectivity index (χ3v) is 4.20. The molecular weight excluding hydrogens is 387 g/mol. The van der Waals surface area contributed by atoms with Crippen molar-refractivity contribution in [3.63, 3.8) is 0 Å². The number of fused-ring (bicyclic) bond motifs is 5. The lowest BCUT2D eigenvalue weighted by atomic mass is 10.0. The van der Waals surface area contributed by atoms with Gasteiger partial charge in [-0.2, -0.15) is 0 Å². The predicted octanol–water partition coefficient (Wildman–Crippen LogP) is 0.620. The van der Waals surface area contributed by atoms with E-state index in [-0.39, 0.29) is 24.0 Å². The molecule has 1 N–H and O–H groups in total. The first-order valence-electron chi connectivity index (χ1n) is 7.05. The fourth-order valence-electron chi connectivity index (χ4n) is 3.12. The maximum atomic E-state index is 5.36. The number of aromatic nitrogens is 2. The van der Waals surface area contributed by atoms with E-state index in [9.17, 15) is 0 Å². The van der Waals surface area contributed by atoms with Crippen LogP contribution in [0.25, 0.3) is 32.6 Å². The van der Waals surface area contributed by atoms with Gasteiger partial charge in [-0.25, -0.2) is 4.57 Å². The van der Waals surface area contributed by atoms with Crippen molar-refractivity contribution in [2.24, 2.45) is 7.05 Å². The molecule has 0 radical (unpaired) electrons. The number of nitrogens with zero attached hydrogens (tertiary/aromatic N) is 1. The SMILES string of the molecule is COc1ccc2[nH]c3c4c[n+](C)ccc4c(C)cc3c2c1.[I-]. The van der Waals surface area contributed by atoms with Crippen molar-refractivity contribution < 1.29 is 33.3 Å². The van der Waals surface area contributed by atoms with Crippen LogP contribution in [0.2, 0.25) is 0 Å². The number of pyridine rings is 1. The van der Waals surface area contributed by atoms with E-state index >= 15 is 0 Å². The lowest BCUT2D eigenvalue weighted by molar-refractivity contribution is -0.670. The van der Waals surface area contributed by atoms with E-state index in [1.807, 2.05) is 6.07 Å². The number of nitrogens with one attached hydrogen (secondary N) is 1. The lowest BCUT2D eigenvalue weighted by Gasteiger charge is -2.03. The number of hydrogen-bond acceptors (Lipinski definition) is 1. The van der Waals surface area contributed by atoms with Gasteiger partial charge in [0.1, 0.15) is 12.8 Å². The van der Waals surface area contributed by atoms with E-state index in [2.05, 4.69) is 60.2 Å². The summed E-state index contributed by atoms with van der Waals surface area (Å²) in [7, 11) is 3.76. The van der Waals surface area contributed by atoms with E-state index in [0.717, 1.165) is 11.3 Å². The summed E-state index contributed by atoms with van der Waals surface area (Å²) in [6.45, 7) is 2.17. The molecule has 112 valence electrons. The topological polar surface area (TPSA) is 28.9 Å². The van der Waals surface area contributed by atoms with E-state index in [1.54, 1.807) is 7.11 Å². The van der Waals surface area contributed by atoms with Crippen molar-refractivity contribution >= 4 is 32.6 Å². The smallest absolute Gasteiger partial charge is 0.178 e. The van der Waals surface area contributed by atoms with Gasteiger partial charge in [0.2, 0.25) is 0 Å². The van der Waals surface area contributed by atoms with Crippen molar-refractivity contribution in [2.75, 3.05) is 7.11 Å². The monoisotopic (exact) mass is 404 g/mol. The molecule has 0 aliphatic carbocycles. The molecule has 2 aromatic heterocycles. The summed E-state index contributed by atoms with van der Waals surface area (Å²) in [6.07, 6.45) is 4.27. The highest BCUT2D eigenvalue weighted by Gasteiger charge is 2.12. The average Bonchev–Trinajstić information content (AvgIpc) is 2.85. The van der Waals surface area contributed by atoms with Crippen LogP contribution in [-0.2, 0) is 7.05 Å². The van der Waals surface area contributed by atoms with Crippen LogP contribution < -0.4 is 33.3 Å². The molecule has 2 aromatic carbocycles. The summed E-state index contributed by atoms with van der Waals surface area (Å²) in [4.78, 5) is 3.56. The van der Waals surface area contributed by atoms with Crippen LogP contribution in [-0.4, -0.2) is 12.1 Å². The van der Waals surface area contributed by atoms with Crippen LogP contribution in [0.5, 0.6) is 5.75 Å². The fraction of sp³-hybridized carbons (Fsp3) is 0.167. The Kier molecular flexibility index (Phi) is 3.72. The molecular formula is C18H17IN2O. The van der Waals surface area contributed by atoms with E-state index in [4.69, 9.17) is 4.74 Å². The van der Waals surface area contributed by atoms with Crippen molar-refractivity contribution in [1.82, 2.24) is 4.98 Å². The fourth-order valence-corrected chi connectivity index (χ4v) is 3.12. The molecule has 4 heteroatoms. The molecule has 0 amide bonds. The molecule has 0 aliphatic heterocycles. The van der Waals surface area contributed by atoms with Gasteiger partial charge >= 0.3 is 0 Å². The van der Waals surface area contributed by atoms with Crippen LogP contribution in [0.1, 0.15) is 5.56 Å². The molecule has 0 spiro atoms. The second-order valence-corrected chi connectivity index (χ2v) is 5.59. The highest BCUT2D eigenvalue weighted by Crippen LogP contribution is 2.34. The molecule has 22 heavy (non-hydrogen) atoms.